The Morgan fingerprint density at radius 3 is 2.44 bits per heavy atom. The highest BCUT2D eigenvalue weighted by Gasteiger charge is 2.23. The summed E-state index contributed by atoms with van der Waals surface area (Å²) in [5.74, 6) is 0. The van der Waals surface area contributed by atoms with Crippen molar-refractivity contribution in [2.24, 2.45) is 0 Å². The second-order valence-corrected chi connectivity index (χ2v) is 5.66. The van der Waals surface area contributed by atoms with Gasteiger partial charge in [0.2, 0.25) is 0 Å². The Morgan fingerprint density at radius 2 is 1.88 bits per heavy atom. The van der Waals surface area contributed by atoms with Gasteiger partial charge < -0.3 is 0 Å². The van der Waals surface area contributed by atoms with Crippen molar-refractivity contribution in [3.05, 3.63) is 32.7 Å². The molecule has 0 aliphatic carbocycles. The first-order chi connectivity index (χ1) is 7.72. The molecule has 1 aliphatic rings. The highest BCUT2D eigenvalue weighted by molar-refractivity contribution is 9.13. The zero-order valence-corrected chi connectivity index (χ0v) is 12.0. The molecule has 2 rings (SSSR count). The highest BCUT2D eigenvalue weighted by Crippen LogP contribution is 2.30. The van der Waals surface area contributed by atoms with Crippen molar-refractivity contribution >= 4 is 31.9 Å². The summed E-state index contributed by atoms with van der Waals surface area (Å²) in [4.78, 5) is 2.25. The molecule has 16 heavy (non-hydrogen) atoms. The number of hydrogen-bond acceptors (Lipinski definition) is 2. The minimum Gasteiger partial charge on any atom is -0.284 e. The van der Waals surface area contributed by atoms with Crippen LogP contribution in [-0.2, 0) is 0 Å². The molecule has 0 amide bonds. The lowest BCUT2D eigenvalue weighted by Gasteiger charge is -2.21. The number of rotatable bonds is 2. The molecule has 1 atom stereocenters. The first-order valence-corrected chi connectivity index (χ1v) is 6.89. The lowest BCUT2D eigenvalue weighted by Crippen LogP contribution is -2.24. The number of benzene rings is 1. The van der Waals surface area contributed by atoms with Crippen LogP contribution in [0.1, 0.15) is 24.4 Å². The zero-order valence-electron chi connectivity index (χ0n) is 8.79. The lowest BCUT2D eigenvalue weighted by molar-refractivity contribution is 0.294. The van der Waals surface area contributed by atoms with E-state index < -0.39 is 0 Å². The van der Waals surface area contributed by atoms with Crippen LogP contribution in [0, 0.1) is 11.3 Å². The Balaban J connectivity index is 2.26. The second-order valence-electron chi connectivity index (χ2n) is 3.95. The Hall–Kier alpha value is -0.370. The predicted molar refractivity (Wildman–Crippen MR) is 71.0 cm³/mol. The Kier molecular flexibility index (Phi) is 4.01. The second kappa shape index (κ2) is 5.31. The van der Waals surface area contributed by atoms with Crippen LogP contribution >= 0.6 is 31.9 Å². The van der Waals surface area contributed by atoms with Crippen LogP contribution in [0.5, 0.6) is 0 Å². The molecule has 0 bridgehead atoms. The van der Waals surface area contributed by atoms with E-state index in [0.29, 0.717) is 0 Å². The van der Waals surface area contributed by atoms with Gasteiger partial charge in [0.25, 0.3) is 0 Å². The van der Waals surface area contributed by atoms with E-state index in [4.69, 9.17) is 0 Å². The Morgan fingerprint density at radius 1 is 1.19 bits per heavy atom. The third kappa shape index (κ3) is 2.48. The van der Waals surface area contributed by atoms with Gasteiger partial charge in [-0.25, -0.2) is 0 Å². The third-order valence-electron chi connectivity index (χ3n) is 2.89. The van der Waals surface area contributed by atoms with Crippen LogP contribution < -0.4 is 0 Å². The van der Waals surface area contributed by atoms with Gasteiger partial charge in [0.05, 0.1) is 6.07 Å². The van der Waals surface area contributed by atoms with Crippen LogP contribution in [0.2, 0.25) is 0 Å². The minimum absolute atomic E-state index is 0.105. The number of halogens is 2. The first-order valence-electron chi connectivity index (χ1n) is 5.31. The Labute approximate surface area is 113 Å². The molecule has 1 aromatic carbocycles. The van der Waals surface area contributed by atoms with Gasteiger partial charge in [-0.3, -0.25) is 4.90 Å². The summed E-state index contributed by atoms with van der Waals surface area (Å²) in [6.45, 7) is 2.07. The standard InChI is InChI=1S/C12H12Br2N2/c13-10-4-3-9(7-11(10)14)12(8-15)16-5-1-2-6-16/h3-4,7,12H,1-2,5-6H2. The third-order valence-corrected chi connectivity index (χ3v) is 4.77. The summed E-state index contributed by atoms with van der Waals surface area (Å²) in [6, 6.07) is 8.32. The van der Waals surface area contributed by atoms with E-state index in [2.05, 4.69) is 42.8 Å². The van der Waals surface area contributed by atoms with E-state index >= 15 is 0 Å². The van der Waals surface area contributed by atoms with E-state index in [1.165, 1.54) is 12.8 Å². The summed E-state index contributed by atoms with van der Waals surface area (Å²) in [6.07, 6.45) is 2.41. The SMILES string of the molecule is N#CC(c1ccc(Br)c(Br)c1)N1CCCC1. The molecule has 0 N–H and O–H groups in total. The normalized spacial score (nSPS) is 18.3. The maximum absolute atomic E-state index is 9.28. The average molecular weight is 344 g/mol. The molecule has 2 nitrogen and oxygen atoms in total. The van der Waals surface area contributed by atoms with E-state index in [1.54, 1.807) is 0 Å². The maximum atomic E-state index is 9.28. The summed E-state index contributed by atoms with van der Waals surface area (Å²) in [5, 5.41) is 9.28. The number of nitrogens with zero attached hydrogens (tertiary/aromatic N) is 2. The van der Waals surface area contributed by atoms with Crippen LogP contribution in [0.15, 0.2) is 27.1 Å². The average Bonchev–Trinajstić information content (AvgIpc) is 2.78. The maximum Gasteiger partial charge on any atom is 0.123 e. The number of nitriles is 1. The van der Waals surface area contributed by atoms with Crippen LogP contribution in [-0.4, -0.2) is 18.0 Å². The molecule has 84 valence electrons. The van der Waals surface area contributed by atoms with Crippen molar-refractivity contribution in [1.29, 1.82) is 5.26 Å². The molecular formula is C12H12Br2N2. The highest BCUT2D eigenvalue weighted by atomic mass is 79.9. The molecule has 0 saturated carbocycles. The van der Waals surface area contributed by atoms with Crippen molar-refractivity contribution in [2.45, 2.75) is 18.9 Å². The predicted octanol–water partition coefficient (Wildman–Crippen LogP) is 3.87. The molecule has 1 unspecified atom stereocenters. The van der Waals surface area contributed by atoms with Gasteiger partial charge in [-0.15, -0.1) is 0 Å². The van der Waals surface area contributed by atoms with Gasteiger partial charge in [-0.2, -0.15) is 5.26 Å². The van der Waals surface area contributed by atoms with Crippen LogP contribution in [0.3, 0.4) is 0 Å². The van der Waals surface area contributed by atoms with E-state index in [9.17, 15) is 5.26 Å². The molecule has 1 heterocycles. The summed E-state index contributed by atoms with van der Waals surface area (Å²) < 4.78 is 2.03. The molecule has 0 radical (unpaired) electrons. The molecule has 0 spiro atoms. The van der Waals surface area contributed by atoms with Crippen molar-refractivity contribution in [3.8, 4) is 6.07 Å². The van der Waals surface area contributed by atoms with Crippen molar-refractivity contribution in [2.75, 3.05) is 13.1 Å². The fourth-order valence-electron chi connectivity index (χ4n) is 2.05. The lowest BCUT2D eigenvalue weighted by atomic mass is 10.1. The zero-order chi connectivity index (χ0) is 11.5. The molecule has 1 aromatic rings. The van der Waals surface area contributed by atoms with E-state index in [1.807, 2.05) is 18.2 Å². The number of likely N-dealkylation sites (tertiary alicyclic amines) is 1. The first kappa shape index (κ1) is 12.1. The molecule has 1 aliphatic heterocycles. The van der Waals surface area contributed by atoms with Gasteiger partial charge in [0.1, 0.15) is 6.04 Å². The van der Waals surface area contributed by atoms with Crippen molar-refractivity contribution < 1.29 is 0 Å². The summed E-state index contributed by atoms with van der Waals surface area (Å²) >= 11 is 6.92. The fraction of sp³-hybridized carbons (Fsp3) is 0.417. The molecule has 0 aromatic heterocycles. The van der Waals surface area contributed by atoms with Gasteiger partial charge >= 0.3 is 0 Å². The van der Waals surface area contributed by atoms with Gasteiger partial charge in [-0.05, 0) is 75.5 Å². The summed E-state index contributed by atoms with van der Waals surface area (Å²) in [7, 11) is 0. The molecule has 1 fully saturated rings. The Bertz CT molecular complexity index is 420. The van der Waals surface area contributed by atoms with Crippen LogP contribution in [0.4, 0.5) is 0 Å². The molecule has 1 saturated heterocycles. The van der Waals surface area contributed by atoms with Crippen molar-refractivity contribution in [3.63, 3.8) is 0 Å². The number of hydrogen-bond donors (Lipinski definition) is 0. The topological polar surface area (TPSA) is 27.0 Å². The largest absolute Gasteiger partial charge is 0.284 e. The minimum atomic E-state index is -0.105. The molecular weight excluding hydrogens is 332 g/mol. The smallest absolute Gasteiger partial charge is 0.123 e. The van der Waals surface area contributed by atoms with Crippen molar-refractivity contribution in [1.82, 2.24) is 4.90 Å². The van der Waals surface area contributed by atoms with E-state index in [0.717, 1.165) is 27.6 Å². The quantitative estimate of drug-likeness (QED) is 0.815. The fourth-order valence-corrected chi connectivity index (χ4v) is 2.69. The van der Waals surface area contributed by atoms with Gasteiger partial charge in [0.15, 0.2) is 0 Å². The van der Waals surface area contributed by atoms with Crippen LogP contribution in [0.25, 0.3) is 0 Å². The molecule has 4 heteroatoms. The van der Waals surface area contributed by atoms with Gasteiger partial charge in [-0.1, -0.05) is 6.07 Å². The summed E-state index contributed by atoms with van der Waals surface area (Å²) in [5.41, 5.74) is 1.07. The van der Waals surface area contributed by atoms with Gasteiger partial charge in [0, 0.05) is 8.95 Å². The van der Waals surface area contributed by atoms with E-state index in [-0.39, 0.29) is 6.04 Å². The monoisotopic (exact) mass is 342 g/mol.